The molecule has 0 aromatic carbocycles. The van der Waals surface area contributed by atoms with Gasteiger partial charge in [-0.15, -0.1) is 0 Å². The van der Waals surface area contributed by atoms with Crippen LogP contribution in [0.1, 0.15) is 39.5 Å². The summed E-state index contributed by atoms with van der Waals surface area (Å²) in [6.45, 7) is 8.58. The molecule has 3 heteroatoms. The first kappa shape index (κ1) is 12.9. The zero-order valence-electron chi connectivity index (χ0n) is 11.2. The molecule has 0 aromatic rings. The first-order chi connectivity index (χ1) is 8.24. The lowest BCUT2D eigenvalue weighted by Gasteiger charge is -2.32. The molecule has 1 heterocycles. The predicted molar refractivity (Wildman–Crippen MR) is 69.6 cm³/mol. The maximum Gasteiger partial charge on any atom is 0.122 e. The predicted octanol–water partition coefficient (Wildman–Crippen LogP) is 2.00. The van der Waals surface area contributed by atoms with Crippen LogP contribution in [0.25, 0.3) is 0 Å². The van der Waals surface area contributed by atoms with E-state index < -0.39 is 0 Å². The third-order valence-electron chi connectivity index (χ3n) is 4.39. The Morgan fingerprint density at radius 2 is 2.12 bits per heavy atom. The number of nitriles is 1. The Morgan fingerprint density at radius 1 is 1.35 bits per heavy atom. The van der Waals surface area contributed by atoms with Gasteiger partial charge in [-0.1, -0.05) is 20.3 Å². The van der Waals surface area contributed by atoms with Crippen molar-refractivity contribution in [3.8, 4) is 6.07 Å². The van der Waals surface area contributed by atoms with Crippen LogP contribution in [-0.4, -0.2) is 36.6 Å². The quantitative estimate of drug-likeness (QED) is 0.765. The maximum atomic E-state index is 9.56. The molecule has 0 amide bonds. The summed E-state index contributed by atoms with van der Waals surface area (Å²) < 4.78 is 0. The van der Waals surface area contributed by atoms with Crippen molar-refractivity contribution < 1.29 is 0 Å². The number of rotatable bonds is 6. The Labute approximate surface area is 105 Å². The highest BCUT2D eigenvalue weighted by atomic mass is 15.2. The Bertz CT molecular complexity index is 292. The fourth-order valence-electron chi connectivity index (χ4n) is 3.13. The van der Waals surface area contributed by atoms with E-state index >= 15 is 0 Å². The standard InChI is InChI=1S/C14H25N3/c1-3-12-7-8-17(9-12)11-14(10-15,16-4-2)13-5-6-13/h12-13,16H,3-9,11H2,1-2H3. The SMILES string of the molecule is CCNC(C#N)(CN1CCC(CC)C1)C1CC1. The minimum Gasteiger partial charge on any atom is -0.300 e. The van der Waals surface area contributed by atoms with Crippen LogP contribution in [0.4, 0.5) is 0 Å². The fraction of sp³-hybridized carbons (Fsp3) is 0.929. The van der Waals surface area contributed by atoms with E-state index in [1.165, 1.54) is 38.8 Å². The molecular weight excluding hydrogens is 210 g/mol. The van der Waals surface area contributed by atoms with Crippen LogP contribution in [0.2, 0.25) is 0 Å². The third kappa shape index (κ3) is 2.81. The zero-order chi connectivity index (χ0) is 12.3. The second-order valence-corrected chi connectivity index (χ2v) is 5.69. The van der Waals surface area contributed by atoms with Gasteiger partial charge >= 0.3 is 0 Å². The summed E-state index contributed by atoms with van der Waals surface area (Å²) in [5.74, 6) is 1.44. The Morgan fingerprint density at radius 3 is 2.59 bits per heavy atom. The van der Waals surface area contributed by atoms with Gasteiger partial charge in [0.2, 0.25) is 0 Å². The van der Waals surface area contributed by atoms with Crippen molar-refractivity contribution in [1.82, 2.24) is 10.2 Å². The zero-order valence-corrected chi connectivity index (χ0v) is 11.2. The number of nitrogens with one attached hydrogen (secondary N) is 1. The van der Waals surface area contributed by atoms with E-state index in [-0.39, 0.29) is 5.54 Å². The van der Waals surface area contributed by atoms with Gasteiger partial charge < -0.3 is 4.90 Å². The maximum absolute atomic E-state index is 9.56. The van der Waals surface area contributed by atoms with E-state index in [9.17, 15) is 5.26 Å². The molecule has 0 bridgehead atoms. The average molecular weight is 235 g/mol. The van der Waals surface area contributed by atoms with Gasteiger partial charge in [0.1, 0.15) is 5.54 Å². The highest BCUT2D eigenvalue weighted by molar-refractivity contribution is 5.16. The molecule has 1 saturated heterocycles. The molecule has 0 radical (unpaired) electrons. The lowest BCUT2D eigenvalue weighted by atomic mass is 9.94. The monoisotopic (exact) mass is 235 g/mol. The Balaban J connectivity index is 1.96. The second-order valence-electron chi connectivity index (χ2n) is 5.69. The van der Waals surface area contributed by atoms with E-state index in [4.69, 9.17) is 0 Å². The summed E-state index contributed by atoms with van der Waals surface area (Å²) in [6.07, 6.45) is 5.05. The van der Waals surface area contributed by atoms with Crippen LogP contribution < -0.4 is 5.32 Å². The van der Waals surface area contributed by atoms with E-state index in [2.05, 4.69) is 30.1 Å². The number of hydrogen-bond donors (Lipinski definition) is 1. The van der Waals surface area contributed by atoms with Gasteiger partial charge in [-0.2, -0.15) is 5.26 Å². The van der Waals surface area contributed by atoms with Crippen molar-refractivity contribution in [2.24, 2.45) is 11.8 Å². The first-order valence-electron chi connectivity index (χ1n) is 7.12. The fourth-order valence-corrected chi connectivity index (χ4v) is 3.13. The summed E-state index contributed by atoms with van der Waals surface area (Å²) >= 11 is 0. The number of hydrogen-bond acceptors (Lipinski definition) is 3. The number of nitrogens with zero attached hydrogens (tertiary/aromatic N) is 2. The molecule has 96 valence electrons. The molecule has 2 fully saturated rings. The summed E-state index contributed by atoms with van der Waals surface area (Å²) in [5.41, 5.74) is -0.266. The molecule has 17 heavy (non-hydrogen) atoms. The topological polar surface area (TPSA) is 39.1 Å². The molecule has 2 rings (SSSR count). The Hall–Kier alpha value is -0.590. The molecule has 3 nitrogen and oxygen atoms in total. The number of likely N-dealkylation sites (tertiary alicyclic amines) is 1. The van der Waals surface area contributed by atoms with Crippen LogP contribution in [0, 0.1) is 23.2 Å². The van der Waals surface area contributed by atoms with Crippen molar-refractivity contribution in [2.75, 3.05) is 26.2 Å². The molecule has 2 atom stereocenters. The number of likely N-dealkylation sites (N-methyl/N-ethyl adjacent to an activating group) is 1. The van der Waals surface area contributed by atoms with Gasteiger partial charge in [-0.05, 0) is 44.2 Å². The molecule has 2 aliphatic rings. The molecule has 0 spiro atoms. The van der Waals surface area contributed by atoms with Gasteiger partial charge in [0, 0.05) is 13.1 Å². The smallest absolute Gasteiger partial charge is 0.122 e. The second kappa shape index (κ2) is 5.37. The van der Waals surface area contributed by atoms with Crippen molar-refractivity contribution >= 4 is 0 Å². The normalized spacial score (nSPS) is 28.9. The van der Waals surface area contributed by atoms with E-state index in [0.29, 0.717) is 5.92 Å². The average Bonchev–Trinajstić information content (AvgIpc) is 3.10. The molecule has 1 N–H and O–H groups in total. The largest absolute Gasteiger partial charge is 0.300 e. The Kier molecular flexibility index (Phi) is 4.06. The van der Waals surface area contributed by atoms with Gasteiger partial charge in [-0.3, -0.25) is 5.32 Å². The third-order valence-corrected chi connectivity index (χ3v) is 4.39. The molecule has 2 unspecified atom stereocenters. The van der Waals surface area contributed by atoms with Crippen molar-refractivity contribution in [3.63, 3.8) is 0 Å². The summed E-state index contributed by atoms with van der Waals surface area (Å²) in [7, 11) is 0. The van der Waals surface area contributed by atoms with Gasteiger partial charge in [-0.25, -0.2) is 0 Å². The molecule has 0 aromatic heterocycles. The van der Waals surface area contributed by atoms with Crippen LogP contribution in [0.3, 0.4) is 0 Å². The van der Waals surface area contributed by atoms with Gasteiger partial charge in [0.15, 0.2) is 0 Å². The van der Waals surface area contributed by atoms with Crippen LogP contribution in [0.5, 0.6) is 0 Å². The molecule has 1 saturated carbocycles. The van der Waals surface area contributed by atoms with Gasteiger partial charge in [0.25, 0.3) is 0 Å². The van der Waals surface area contributed by atoms with Crippen molar-refractivity contribution in [1.29, 1.82) is 5.26 Å². The molecule has 1 aliphatic heterocycles. The van der Waals surface area contributed by atoms with Crippen LogP contribution in [-0.2, 0) is 0 Å². The van der Waals surface area contributed by atoms with Crippen molar-refractivity contribution in [3.05, 3.63) is 0 Å². The lowest BCUT2D eigenvalue weighted by Crippen LogP contribution is -2.54. The first-order valence-corrected chi connectivity index (χ1v) is 7.12. The highest BCUT2D eigenvalue weighted by Crippen LogP contribution is 2.40. The minimum atomic E-state index is -0.266. The summed E-state index contributed by atoms with van der Waals surface area (Å²) in [6, 6.07) is 2.59. The minimum absolute atomic E-state index is 0.266. The van der Waals surface area contributed by atoms with Gasteiger partial charge in [0.05, 0.1) is 6.07 Å². The van der Waals surface area contributed by atoms with Crippen LogP contribution >= 0.6 is 0 Å². The highest BCUT2D eigenvalue weighted by Gasteiger charge is 2.46. The van der Waals surface area contributed by atoms with E-state index in [1.807, 2.05) is 0 Å². The molecular formula is C14H25N3. The van der Waals surface area contributed by atoms with Crippen molar-refractivity contribution in [2.45, 2.75) is 45.1 Å². The van der Waals surface area contributed by atoms with E-state index in [1.54, 1.807) is 0 Å². The lowest BCUT2D eigenvalue weighted by molar-refractivity contribution is 0.224. The van der Waals surface area contributed by atoms with E-state index in [0.717, 1.165) is 19.0 Å². The summed E-state index contributed by atoms with van der Waals surface area (Å²) in [4.78, 5) is 2.50. The summed E-state index contributed by atoms with van der Waals surface area (Å²) in [5, 5.41) is 13.0. The van der Waals surface area contributed by atoms with Crippen LogP contribution in [0.15, 0.2) is 0 Å². The molecule has 1 aliphatic carbocycles.